The fourth-order valence-corrected chi connectivity index (χ4v) is 1.37. The summed E-state index contributed by atoms with van der Waals surface area (Å²) >= 11 is 0. The van der Waals surface area contributed by atoms with E-state index in [1.165, 1.54) is 0 Å². The van der Waals surface area contributed by atoms with Crippen molar-refractivity contribution in [3.63, 3.8) is 0 Å². The lowest BCUT2D eigenvalue weighted by molar-refractivity contribution is -0.142. The van der Waals surface area contributed by atoms with E-state index in [1.807, 2.05) is 25.1 Å². The van der Waals surface area contributed by atoms with Gasteiger partial charge in [-0.3, -0.25) is 0 Å². The molecule has 5 heteroatoms. The maximum atomic E-state index is 10.2. The van der Waals surface area contributed by atoms with E-state index in [0.29, 0.717) is 11.5 Å². The monoisotopic (exact) mass is 221 g/mol. The van der Waals surface area contributed by atoms with Crippen LogP contribution in [-0.4, -0.2) is 22.7 Å². The number of carboxylic acids is 1. The van der Waals surface area contributed by atoms with Crippen molar-refractivity contribution in [2.75, 3.05) is 6.61 Å². The molecular formula is C11H11NO4. The standard InChI is InChI=1S/C11H11NO4/c1-7-2-3-8-9(4-7)16-10(12-8)5-15-6-11(13)14/h2-4H,5-6H2,1H3,(H,13,14). The minimum absolute atomic E-state index is 0.0695. The molecule has 0 spiro atoms. The molecule has 0 saturated carbocycles. The summed E-state index contributed by atoms with van der Waals surface area (Å²) < 4.78 is 10.3. The highest BCUT2D eigenvalue weighted by Crippen LogP contribution is 2.17. The first kappa shape index (κ1) is 10.6. The Balaban J connectivity index is 2.10. The largest absolute Gasteiger partial charge is 0.480 e. The minimum Gasteiger partial charge on any atom is -0.480 e. The summed E-state index contributed by atoms with van der Waals surface area (Å²) in [6.45, 7) is 1.68. The van der Waals surface area contributed by atoms with Gasteiger partial charge in [0.15, 0.2) is 5.58 Å². The van der Waals surface area contributed by atoms with Crippen LogP contribution in [0.15, 0.2) is 22.6 Å². The number of oxazole rings is 1. The van der Waals surface area contributed by atoms with Crippen molar-refractivity contribution >= 4 is 17.1 Å². The van der Waals surface area contributed by atoms with Crippen molar-refractivity contribution in [1.29, 1.82) is 0 Å². The highest BCUT2D eigenvalue weighted by molar-refractivity contribution is 5.73. The van der Waals surface area contributed by atoms with Crippen LogP contribution in [0.1, 0.15) is 11.5 Å². The summed E-state index contributed by atoms with van der Waals surface area (Å²) in [5.74, 6) is -0.617. The minimum atomic E-state index is -1.01. The zero-order valence-corrected chi connectivity index (χ0v) is 8.77. The first-order valence-electron chi connectivity index (χ1n) is 4.81. The molecule has 2 rings (SSSR count). The molecule has 0 unspecified atom stereocenters. The average molecular weight is 221 g/mol. The van der Waals surface area contributed by atoms with Gasteiger partial charge in [0.05, 0.1) is 0 Å². The zero-order chi connectivity index (χ0) is 11.5. The van der Waals surface area contributed by atoms with E-state index in [2.05, 4.69) is 4.98 Å². The van der Waals surface area contributed by atoms with E-state index in [1.54, 1.807) is 0 Å². The third-order valence-corrected chi connectivity index (χ3v) is 2.04. The van der Waals surface area contributed by atoms with Crippen molar-refractivity contribution < 1.29 is 19.1 Å². The van der Waals surface area contributed by atoms with E-state index in [-0.39, 0.29) is 13.2 Å². The maximum Gasteiger partial charge on any atom is 0.329 e. The number of hydrogen-bond donors (Lipinski definition) is 1. The topological polar surface area (TPSA) is 72.6 Å². The third kappa shape index (κ3) is 2.38. The third-order valence-electron chi connectivity index (χ3n) is 2.04. The smallest absolute Gasteiger partial charge is 0.329 e. The molecule has 0 fully saturated rings. The van der Waals surface area contributed by atoms with Gasteiger partial charge >= 0.3 is 5.97 Å². The van der Waals surface area contributed by atoms with E-state index in [0.717, 1.165) is 11.1 Å². The van der Waals surface area contributed by atoms with Gasteiger partial charge in [-0.15, -0.1) is 0 Å². The number of benzene rings is 1. The molecule has 16 heavy (non-hydrogen) atoms. The van der Waals surface area contributed by atoms with Crippen LogP contribution in [0.3, 0.4) is 0 Å². The second-order valence-corrected chi connectivity index (χ2v) is 3.47. The fourth-order valence-electron chi connectivity index (χ4n) is 1.37. The molecule has 1 heterocycles. The quantitative estimate of drug-likeness (QED) is 0.851. The Morgan fingerprint density at radius 2 is 2.38 bits per heavy atom. The normalized spacial score (nSPS) is 10.8. The average Bonchev–Trinajstić information content (AvgIpc) is 2.58. The number of carboxylic acid groups (broad SMARTS) is 1. The Morgan fingerprint density at radius 3 is 3.12 bits per heavy atom. The lowest BCUT2D eigenvalue weighted by Crippen LogP contribution is -2.06. The molecule has 5 nitrogen and oxygen atoms in total. The van der Waals surface area contributed by atoms with Crippen LogP contribution in [0.25, 0.3) is 11.1 Å². The van der Waals surface area contributed by atoms with Gasteiger partial charge in [0.1, 0.15) is 18.7 Å². The predicted octanol–water partition coefficient (Wildman–Crippen LogP) is 1.74. The van der Waals surface area contributed by atoms with Crippen LogP contribution in [0.5, 0.6) is 0 Å². The van der Waals surface area contributed by atoms with Crippen molar-refractivity contribution in [3.8, 4) is 0 Å². The molecule has 0 aliphatic carbocycles. The molecule has 2 aromatic rings. The number of fused-ring (bicyclic) bond motifs is 1. The second kappa shape index (κ2) is 4.32. The van der Waals surface area contributed by atoms with Crippen molar-refractivity contribution in [1.82, 2.24) is 4.98 Å². The van der Waals surface area contributed by atoms with Crippen LogP contribution in [0.2, 0.25) is 0 Å². The number of hydrogen-bond acceptors (Lipinski definition) is 4. The zero-order valence-electron chi connectivity index (χ0n) is 8.77. The molecule has 0 saturated heterocycles. The number of ether oxygens (including phenoxy) is 1. The Morgan fingerprint density at radius 1 is 1.56 bits per heavy atom. The van der Waals surface area contributed by atoms with Gasteiger partial charge in [-0.1, -0.05) is 6.07 Å². The van der Waals surface area contributed by atoms with E-state index in [9.17, 15) is 4.79 Å². The molecular weight excluding hydrogens is 210 g/mol. The summed E-state index contributed by atoms with van der Waals surface area (Å²) in [7, 11) is 0. The highest BCUT2D eigenvalue weighted by atomic mass is 16.5. The Labute approximate surface area is 91.7 Å². The molecule has 0 amide bonds. The molecule has 1 aromatic heterocycles. The Hall–Kier alpha value is -1.88. The lowest BCUT2D eigenvalue weighted by Gasteiger charge is -1.94. The van der Waals surface area contributed by atoms with Crippen LogP contribution in [-0.2, 0) is 16.1 Å². The molecule has 1 aromatic carbocycles. The van der Waals surface area contributed by atoms with E-state index in [4.69, 9.17) is 14.3 Å². The molecule has 0 atom stereocenters. The van der Waals surface area contributed by atoms with Crippen LogP contribution >= 0.6 is 0 Å². The van der Waals surface area contributed by atoms with Crippen molar-refractivity contribution in [3.05, 3.63) is 29.7 Å². The molecule has 0 bridgehead atoms. The predicted molar refractivity (Wildman–Crippen MR) is 56.0 cm³/mol. The number of rotatable bonds is 4. The second-order valence-electron chi connectivity index (χ2n) is 3.47. The molecule has 1 N–H and O–H groups in total. The molecule has 0 radical (unpaired) electrons. The van der Waals surface area contributed by atoms with E-state index < -0.39 is 5.97 Å². The first-order chi connectivity index (χ1) is 7.65. The number of aryl methyl sites for hydroxylation is 1. The van der Waals surface area contributed by atoms with Gasteiger partial charge < -0.3 is 14.3 Å². The van der Waals surface area contributed by atoms with Gasteiger partial charge in [0.2, 0.25) is 5.89 Å². The highest BCUT2D eigenvalue weighted by Gasteiger charge is 2.06. The summed E-state index contributed by atoms with van der Waals surface area (Å²) in [5, 5.41) is 8.39. The van der Waals surface area contributed by atoms with Crippen molar-refractivity contribution in [2.45, 2.75) is 13.5 Å². The van der Waals surface area contributed by atoms with Gasteiger partial charge in [-0.25, -0.2) is 9.78 Å². The number of nitrogens with zero attached hydrogens (tertiary/aromatic N) is 1. The summed E-state index contributed by atoms with van der Waals surface area (Å²) in [4.78, 5) is 14.4. The number of aliphatic carboxylic acids is 1. The Bertz CT molecular complexity index is 518. The lowest BCUT2D eigenvalue weighted by atomic mass is 10.2. The van der Waals surface area contributed by atoms with E-state index >= 15 is 0 Å². The van der Waals surface area contributed by atoms with Gasteiger partial charge in [0.25, 0.3) is 0 Å². The SMILES string of the molecule is Cc1ccc2nc(COCC(=O)O)oc2c1. The van der Waals surface area contributed by atoms with Gasteiger partial charge in [0, 0.05) is 0 Å². The van der Waals surface area contributed by atoms with Gasteiger partial charge in [-0.2, -0.15) is 0 Å². The molecule has 0 aliphatic rings. The van der Waals surface area contributed by atoms with Crippen LogP contribution < -0.4 is 0 Å². The number of aromatic nitrogens is 1. The number of carbonyl (C=O) groups is 1. The Kier molecular flexibility index (Phi) is 2.87. The van der Waals surface area contributed by atoms with Gasteiger partial charge in [-0.05, 0) is 24.6 Å². The summed E-state index contributed by atoms with van der Waals surface area (Å²) in [6.07, 6.45) is 0. The fraction of sp³-hybridized carbons (Fsp3) is 0.273. The molecule has 0 aliphatic heterocycles. The van der Waals surface area contributed by atoms with Crippen LogP contribution in [0.4, 0.5) is 0 Å². The van der Waals surface area contributed by atoms with Crippen molar-refractivity contribution in [2.24, 2.45) is 0 Å². The van der Waals surface area contributed by atoms with Crippen LogP contribution in [0, 0.1) is 6.92 Å². The first-order valence-corrected chi connectivity index (χ1v) is 4.81. The maximum absolute atomic E-state index is 10.2. The molecule has 84 valence electrons. The summed E-state index contributed by atoms with van der Waals surface area (Å²) in [5.41, 5.74) is 2.52. The summed E-state index contributed by atoms with van der Waals surface area (Å²) in [6, 6.07) is 5.67.